The molecule has 3 aromatic heterocycles. The predicted molar refractivity (Wildman–Crippen MR) is 280 cm³/mol. The lowest BCUT2D eigenvalue weighted by molar-refractivity contribution is -0.287. The van der Waals surface area contributed by atoms with E-state index in [1.165, 1.54) is 24.3 Å². The quantitative estimate of drug-likeness (QED) is 0.0784. The van der Waals surface area contributed by atoms with Crippen molar-refractivity contribution < 1.29 is 60.6 Å². The summed E-state index contributed by atoms with van der Waals surface area (Å²) in [5.41, 5.74) is 10.5. The number of alkyl halides is 4. The van der Waals surface area contributed by atoms with Gasteiger partial charge in [-0.1, -0.05) is 102 Å². The molecular formula is C55H50F4N7O8S-. The number of fused-ring (bicyclic) bond motifs is 5. The summed E-state index contributed by atoms with van der Waals surface area (Å²) in [6.45, 7) is 0.449. The predicted octanol–water partition coefficient (Wildman–Crippen LogP) is 11.6. The summed E-state index contributed by atoms with van der Waals surface area (Å²) in [6.07, 6.45) is -2.20. The van der Waals surface area contributed by atoms with Gasteiger partial charge in [0.15, 0.2) is 23.0 Å². The van der Waals surface area contributed by atoms with Crippen LogP contribution in [0.4, 0.5) is 29.2 Å². The van der Waals surface area contributed by atoms with E-state index in [-0.39, 0.29) is 40.5 Å². The normalized spacial score (nSPS) is 16.7. The molecule has 15 nitrogen and oxygen atoms in total. The van der Waals surface area contributed by atoms with Gasteiger partial charge >= 0.3 is 12.6 Å². The van der Waals surface area contributed by atoms with Crippen LogP contribution in [0.3, 0.4) is 0 Å². The average molecular weight is 1050 g/mol. The molecule has 75 heavy (non-hydrogen) atoms. The number of ether oxygens (including phenoxy) is 4. The lowest BCUT2D eigenvalue weighted by Crippen LogP contribution is -2.28. The van der Waals surface area contributed by atoms with Gasteiger partial charge in [0, 0.05) is 39.5 Å². The standard InChI is InChI=1S/C27H18F2N4O3.C27H21F2N3O3.CH4O2S.4H2/c28-27(29)35-21-8-6-18(13-22(21)36-27)26(9-10-26)25(34)32-23-12-15-3-1-2-4-19(15)24(31-23)16-5-7-20-17(11-16)14-30-33-20;28-27(29)34-21-10-9-19(14-22(21)35-27)26(11-12-26)25(33)32-23-13-18-3-1-2-4-20(18)24(31-23)17-7-5-16(15-30)6-8-17;1-4(2)3;;;;/h1-8,11-14H,9-10H2,(H,30,33)(H,31,32,34);1-10,13-14H,11-12,15,30H2,(H,31,32,33);1H3,(H,2,3);4*1H/p-1. The van der Waals surface area contributed by atoms with Gasteiger partial charge in [-0.3, -0.25) is 18.9 Å². The highest BCUT2D eigenvalue weighted by molar-refractivity contribution is 7.78. The second kappa shape index (κ2) is 18.8. The van der Waals surface area contributed by atoms with Crippen molar-refractivity contribution in [2.75, 3.05) is 16.9 Å². The Hall–Kier alpha value is -8.46. The first kappa shape index (κ1) is 48.8. The molecule has 1 atom stereocenters. The van der Waals surface area contributed by atoms with Crippen LogP contribution in [-0.4, -0.2) is 59.6 Å². The number of rotatable bonds is 9. The van der Waals surface area contributed by atoms with E-state index >= 15 is 0 Å². The molecule has 2 aliphatic heterocycles. The van der Waals surface area contributed by atoms with E-state index in [0.717, 1.165) is 66.8 Å². The zero-order valence-electron chi connectivity index (χ0n) is 39.5. The maximum absolute atomic E-state index is 13.5. The number of carbonyl (C=O) groups excluding carboxylic acids is 2. The number of H-pyrrole nitrogens is 1. The number of aromatic amines is 1. The number of pyridine rings is 2. The molecule has 4 aliphatic rings. The molecule has 20 heteroatoms. The fraction of sp³-hybridized carbons (Fsp3) is 0.182. The summed E-state index contributed by atoms with van der Waals surface area (Å²) < 4.78 is 89.9. The van der Waals surface area contributed by atoms with Gasteiger partial charge in [-0.15, -0.1) is 17.6 Å². The fourth-order valence-corrected chi connectivity index (χ4v) is 9.36. The van der Waals surface area contributed by atoms with Gasteiger partial charge in [0.25, 0.3) is 0 Å². The lowest BCUT2D eigenvalue weighted by Gasteiger charge is -2.17. The average Bonchev–Trinajstić information content (AvgIpc) is 4.30. The summed E-state index contributed by atoms with van der Waals surface area (Å²) >= 11 is -1.86. The Bertz CT molecular complexity index is 3780. The first-order valence-corrected chi connectivity index (χ1v) is 25.0. The molecule has 2 aliphatic carbocycles. The summed E-state index contributed by atoms with van der Waals surface area (Å²) in [6, 6.07) is 42.1. The third kappa shape index (κ3) is 9.77. The van der Waals surface area contributed by atoms with E-state index in [1.54, 1.807) is 18.3 Å². The van der Waals surface area contributed by atoms with Gasteiger partial charge in [0.2, 0.25) is 11.8 Å². The summed E-state index contributed by atoms with van der Waals surface area (Å²) in [4.78, 5) is 36.5. The van der Waals surface area contributed by atoms with Crippen molar-refractivity contribution in [3.63, 3.8) is 0 Å². The summed E-state index contributed by atoms with van der Waals surface area (Å²) in [5.74, 6) is 0.120. The van der Waals surface area contributed by atoms with Crippen LogP contribution < -0.4 is 35.3 Å². The van der Waals surface area contributed by atoms with Gasteiger partial charge in [-0.2, -0.15) is 5.10 Å². The van der Waals surface area contributed by atoms with Crippen molar-refractivity contribution in [1.29, 1.82) is 0 Å². The van der Waals surface area contributed by atoms with Gasteiger partial charge in [0.05, 0.1) is 33.9 Å². The van der Waals surface area contributed by atoms with Crippen LogP contribution in [0.1, 0.15) is 48.1 Å². The maximum Gasteiger partial charge on any atom is 0.586 e. The molecule has 2 amide bonds. The van der Waals surface area contributed by atoms with Crippen LogP contribution in [0.5, 0.6) is 23.0 Å². The Labute approximate surface area is 432 Å². The molecule has 0 spiro atoms. The number of amides is 2. The molecule has 2 saturated carbocycles. The number of hydrogen-bond acceptors (Lipinski definition) is 12. The molecule has 2 fully saturated rings. The van der Waals surface area contributed by atoms with Crippen LogP contribution in [-0.2, 0) is 38.0 Å². The molecule has 0 saturated heterocycles. The van der Waals surface area contributed by atoms with Crippen molar-refractivity contribution in [3.05, 3.63) is 162 Å². The van der Waals surface area contributed by atoms with E-state index < -0.39 is 34.5 Å². The van der Waals surface area contributed by atoms with Gasteiger partial charge in [-0.05, 0) is 108 Å². The first-order valence-electron chi connectivity index (χ1n) is 23.5. The number of aromatic nitrogens is 4. The number of halogens is 4. The largest absolute Gasteiger partial charge is 0.773 e. The number of nitrogens with zero attached hydrogens (tertiary/aromatic N) is 3. The number of anilines is 2. The molecule has 388 valence electrons. The molecule has 0 bridgehead atoms. The Morgan fingerprint density at radius 1 is 0.627 bits per heavy atom. The fourth-order valence-electron chi connectivity index (χ4n) is 9.36. The third-order valence-electron chi connectivity index (χ3n) is 13.4. The van der Waals surface area contributed by atoms with Crippen LogP contribution in [0, 0.1) is 0 Å². The highest BCUT2D eigenvalue weighted by atomic mass is 32.2. The molecule has 5 N–H and O–H groups in total. The van der Waals surface area contributed by atoms with Crippen molar-refractivity contribution in [2.24, 2.45) is 5.73 Å². The maximum atomic E-state index is 13.5. The third-order valence-corrected chi connectivity index (χ3v) is 13.4. The minimum atomic E-state index is -3.70. The zero-order valence-corrected chi connectivity index (χ0v) is 40.3. The highest BCUT2D eigenvalue weighted by Crippen LogP contribution is 2.54. The number of nitrogens with one attached hydrogen (secondary N) is 3. The minimum absolute atomic E-state index is 0. The second-order valence-electron chi connectivity index (χ2n) is 18.4. The Balaban J connectivity index is 0.000000205. The molecular weight excluding hydrogens is 995 g/mol. The highest BCUT2D eigenvalue weighted by Gasteiger charge is 2.54. The number of carbonyl (C=O) groups is 2. The Morgan fingerprint density at radius 3 is 1.56 bits per heavy atom. The monoisotopic (exact) mass is 1040 g/mol. The van der Waals surface area contributed by atoms with Crippen LogP contribution in [0.2, 0.25) is 0 Å². The summed E-state index contributed by atoms with van der Waals surface area (Å²) in [7, 11) is 0. The molecule has 9 aromatic rings. The van der Waals surface area contributed by atoms with Crippen LogP contribution in [0.25, 0.3) is 55.0 Å². The van der Waals surface area contributed by atoms with Crippen molar-refractivity contribution in [1.82, 2.24) is 20.2 Å². The van der Waals surface area contributed by atoms with Crippen molar-refractivity contribution in [2.45, 2.75) is 55.6 Å². The Kier molecular flexibility index (Phi) is 12.2. The van der Waals surface area contributed by atoms with E-state index in [9.17, 15) is 27.2 Å². The van der Waals surface area contributed by atoms with E-state index in [2.05, 4.69) is 39.8 Å². The number of hydrogen-bond donors (Lipinski definition) is 4. The SMILES string of the molecule is CS(=O)[O-].NCc1ccc(-c2nc(NC(=O)C3(c4ccc5c(c4)OC(F)(F)O5)CC3)cc3ccccc23)cc1.O=C(Nc1cc2ccccc2c(-c2ccc3[nH]ncc3c2)n1)C1(c2ccc3c(c2)OC(F)(F)O3)CC1.[HH].[HH].[HH].[HH]. The van der Waals surface area contributed by atoms with Crippen molar-refractivity contribution in [3.8, 4) is 45.5 Å². The van der Waals surface area contributed by atoms with Crippen LogP contribution >= 0.6 is 0 Å². The van der Waals surface area contributed by atoms with Gasteiger partial charge in [-0.25, -0.2) is 9.97 Å². The molecule has 5 heterocycles. The Morgan fingerprint density at radius 2 is 1.08 bits per heavy atom. The van der Waals surface area contributed by atoms with E-state index in [1.807, 2.05) is 103 Å². The topological polar surface area (TPSA) is 216 Å². The van der Waals surface area contributed by atoms with Crippen molar-refractivity contribution >= 4 is 67.0 Å². The summed E-state index contributed by atoms with van der Waals surface area (Å²) in [5, 5.41) is 17.7. The van der Waals surface area contributed by atoms with E-state index in [0.29, 0.717) is 55.0 Å². The van der Waals surface area contributed by atoms with Crippen LogP contribution in [0.15, 0.2) is 146 Å². The zero-order chi connectivity index (χ0) is 52.3. The molecule has 1 unspecified atom stereocenters. The smallest absolute Gasteiger partial charge is 0.586 e. The van der Waals surface area contributed by atoms with Gasteiger partial charge < -0.3 is 39.9 Å². The number of nitrogens with two attached hydrogens (primary N) is 1. The number of benzene rings is 6. The van der Waals surface area contributed by atoms with E-state index in [4.69, 9.17) is 24.5 Å². The lowest BCUT2D eigenvalue weighted by atomic mass is 9.94. The van der Waals surface area contributed by atoms with Gasteiger partial charge in [0.1, 0.15) is 11.6 Å². The molecule has 13 rings (SSSR count). The molecule has 6 aromatic carbocycles. The first-order chi connectivity index (χ1) is 36.0. The minimum Gasteiger partial charge on any atom is -0.773 e. The second-order valence-corrected chi connectivity index (χ2v) is 19.2. The molecule has 0 radical (unpaired) electrons.